The van der Waals surface area contributed by atoms with Gasteiger partial charge in [0.25, 0.3) is 0 Å². The van der Waals surface area contributed by atoms with Crippen LogP contribution in [0.4, 0.5) is 25.2 Å². The zero-order valence-corrected chi connectivity index (χ0v) is 12.5. The Morgan fingerprint density at radius 2 is 1.25 bits per heavy atom. The summed E-state index contributed by atoms with van der Waals surface area (Å²) in [5.74, 6) is 0. The maximum Gasteiger partial charge on any atom is 1.00 e. The van der Waals surface area contributed by atoms with E-state index in [1.807, 2.05) is 43.0 Å². The summed E-state index contributed by atoms with van der Waals surface area (Å²) in [6.45, 7) is 0. The van der Waals surface area contributed by atoms with E-state index in [4.69, 9.17) is 0 Å². The van der Waals surface area contributed by atoms with Crippen molar-refractivity contribution in [2.24, 2.45) is 0 Å². The monoisotopic (exact) mass is 342 g/mol. The molecule has 0 radical (unpaired) electrons. The Balaban J connectivity index is 0. The van der Waals surface area contributed by atoms with E-state index in [0.29, 0.717) is 0 Å². The van der Waals surface area contributed by atoms with Crippen LogP contribution in [0.25, 0.3) is 11.0 Å². The number of fused-ring (bicyclic) bond motifs is 1. The van der Waals surface area contributed by atoms with Gasteiger partial charge in [0.1, 0.15) is 11.0 Å². The van der Waals surface area contributed by atoms with Gasteiger partial charge in [-0.15, -0.1) is 0 Å². The first kappa shape index (κ1) is 19.0. The molecule has 1 aromatic carbocycles. The molecule has 0 saturated carbocycles. The summed E-state index contributed by atoms with van der Waals surface area (Å²) in [5, 5.41) is 10.3. The molecule has 2 aromatic rings. The van der Waals surface area contributed by atoms with Crippen molar-refractivity contribution in [3.63, 3.8) is 0 Å². The molecule has 0 spiro atoms. The summed E-state index contributed by atoms with van der Waals surface area (Å²) in [4.78, 5) is 0. The minimum absolute atomic E-state index is 0. The topological polar surface area (TPSA) is 44.8 Å². The molecule has 0 amide bonds. The average Bonchev–Trinajstić information content (AvgIpc) is 2.58. The third-order valence-electron chi connectivity index (χ3n) is 1.22. The molecule has 0 aliphatic heterocycles. The predicted molar refractivity (Wildman–Crippen MR) is 72.0 cm³/mol. The van der Waals surface area contributed by atoms with Crippen molar-refractivity contribution >= 4 is 28.2 Å². The van der Waals surface area contributed by atoms with E-state index >= 15 is 0 Å². The van der Waals surface area contributed by atoms with Gasteiger partial charge in [-0.25, -0.2) is 0 Å². The molecule has 118 valence electrons. The minimum atomic E-state index is -10.7. The van der Waals surface area contributed by atoms with Gasteiger partial charge >= 0.3 is 34.4 Å². The fourth-order valence-electron chi connectivity index (χ4n) is 0.786. The normalized spacial score (nSPS) is 14.5. The SMILES string of the molecule is CN(C)P.F[P-](F)(F)(F)(F)F.[H+].c1ccc2n[nH]nc2c1. The van der Waals surface area contributed by atoms with Crippen LogP contribution < -0.4 is 0 Å². The largest absolute Gasteiger partial charge is 1.00 e. The summed E-state index contributed by atoms with van der Waals surface area (Å²) in [5.41, 5.74) is 1.83. The number of nitrogens with zero attached hydrogens (tertiary/aromatic N) is 3. The Morgan fingerprint density at radius 1 is 1.00 bits per heavy atom. The number of aromatic nitrogens is 3. The fraction of sp³-hybridized carbons (Fsp3) is 0.250. The van der Waals surface area contributed by atoms with Crippen molar-refractivity contribution in [3.8, 4) is 0 Å². The molecule has 0 bridgehead atoms. The van der Waals surface area contributed by atoms with Crippen LogP contribution in [0, 0.1) is 0 Å². The second-order valence-electron chi connectivity index (χ2n) is 3.73. The first-order valence-electron chi connectivity index (χ1n) is 4.89. The molecule has 1 N–H and O–H groups in total. The van der Waals surface area contributed by atoms with E-state index in [2.05, 4.69) is 24.8 Å². The summed E-state index contributed by atoms with van der Waals surface area (Å²) in [6, 6.07) is 7.70. The molecule has 1 unspecified atom stereocenters. The van der Waals surface area contributed by atoms with Crippen molar-refractivity contribution in [2.45, 2.75) is 0 Å². The van der Waals surface area contributed by atoms with E-state index in [1.54, 1.807) is 0 Å². The van der Waals surface area contributed by atoms with Gasteiger partial charge in [0, 0.05) is 0 Å². The second-order valence-corrected chi connectivity index (χ2v) is 6.68. The predicted octanol–water partition coefficient (Wildman–Crippen LogP) is 4.79. The number of para-hydroxylation sites is 2. The fourth-order valence-corrected chi connectivity index (χ4v) is 0.786. The van der Waals surface area contributed by atoms with Crippen LogP contribution in [-0.2, 0) is 0 Å². The molecule has 1 heterocycles. The van der Waals surface area contributed by atoms with Crippen molar-refractivity contribution in [1.82, 2.24) is 20.1 Å². The Bertz CT molecular complexity index is 499. The maximum absolute atomic E-state index is 10.7. The van der Waals surface area contributed by atoms with Crippen molar-refractivity contribution in [3.05, 3.63) is 24.3 Å². The van der Waals surface area contributed by atoms with Crippen LogP contribution in [0.2, 0.25) is 0 Å². The molecule has 0 saturated heterocycles. The Hall–Kier alpha value is -0.980. The van der Waals surface area contributed by atoms with E-state index in [9.17, 15) is 25.2 Å². The summed E-state index contributed by atoms with van der Waals surface area (Å²) >= 11 is 0. The van der Waals surface area contributed by atoms with E-state index in [0.717, 1.165) is 11.0 Å². The molecular formula is C8H14F6N4P2. The number of nitrogens with one attached hydrogen (secondary N) is 1. The molecule has 20 heavy (non-hydrogen) atoms. The molecule has 4 nitrogen and oxygen atoms in total. The molecule has 0 fully saturated rings. The minimum Gasteiger partial charge on any atom is -0.197 e. The first-order chi connectivity index (χ1) is 8.65. The van der Waals surface area contributed by atoms with Crippen molar-refractivity contribution in [2.75, 3.05) is 14.1 Å². The van der Waals surface area contributed by atoms with Gasteiger partial charge in [-0.1, -0.05) is 21.5 Å². The number of rotatable bonds is 0. The number of aromatic amines is 1. The van der Waals surface area contributed by atoms with Crippen LogP contribution >= 0.6 is 17.2 Å². The van der Waals surface area contributed by atoms with Crippen molar-refractivity contribution in [1.29, 1.82) is 0 Å². The van der Waals surface area contributed by atoms with Gasteiger partial charge < -0.3 is 0 Å². The summed E-state index contributed by atoms with van der Waals surface area (Å²) in [6.07, 6.45) is 0. The quantitative estimate of drug-likeness (QED) is 0.553. The van der Waals surface area contributed by atoms with Gasteiger partial charge in [0.2, 0.25) is 0 Å². The number of halogens is 6. The van der Waals surface area contributed by atoms with Crippen LogP contribution in [0.15, 0.2) is 24.3 Å². The van der Waals surface area contributed by atoms with Gasteiger partial charge in [-0.2, -0.15) is 15.4 Å². The average molecular weight is 342 g/mol. The Labute approximate surface area is 114 Å². The van der Waals surface area contributed by atoms with Crippen molar-refractivity contribution < 1.29 is 26.6 Å². The molecule has 12 heteroatoms. The van der Waals surface area contributed by atoms with Crippen LogP contribution in [-0.4, -0.2) is 34.2 Å². The van der Waals surface area contributed by atoms with Crippen LogP contribution in [0.1, 0.15) is 1.43 Å². The number of hydrogen-bond acceptors (Lipinski definition) is 3. The van der Waals surface area contributed by atoms with E-state index < -0.39 is 7.81 Å². The van der Waals surface area contributed by atoms with Gasteiger partial charge in [-0.05, 0) is 26.2 Å². The number of benzene rings is 1. The third kappa shape index (κ3) is 17.0. The van der Waals surface area contributed by atoms with E-state index in [1.165, 1.54) is 0 Å². The molecule has 0 aliphatic carbocycles. The number of H-pyrrole nitrogens is 1. The first-order valence-corrected chi connectivity index (χ1v) is 7.43. The van der Waals surface area contributed by atoms with Gasteiger partial charge in [-0.3, -0.25) is 4.67 Å². The molecule has 0 aliphatic rings. The van der Waals surface area contributed by atoms with Crippen LogP contribution in [0.3, 0.4) is 0 Å². The molecular weight excluding hydrogens is 328 g/mol. The Morgan fingerprint density at radius 3 is 1.50 bits per heavy atom. The Kier molecular flexibility index (Phi) is 5.51. The van der Waals surface area contributed by atoms with Gasteiger partial charge in [0.15, 0.2) is 0 Å². The van der Waals surface area contributed by atoms with E-state index in [-0.39, 0.29) is 1.43 Å². The molecule has 1 aromatic heterocycles. The summed E-state index contributed by atoms with van der Waals surface area (Å²) in [7, 11) is -4.24. The second kappa shape index (κ2) is 5.79. The number of hydrogen-bond donors (Lipinski definition) is 1. The zero-order valence-electron chi connectivity index (χ0n) is 11.4. The molecule has 1 atom stereocenters. The molecule has 2 rings (SSSR count). The standard InChI is InChI=1S/C6H5N3.C2H8NP.F6P/c1-2-4-6-5(3-1)7-9-8-6;1-3(2)4;1-7(2,3,4,5)6/h1-4H,(H,7,8,9);4H2,1-2H3;/q;;-1/p+1. The maximum atomic E-state index is 9.87. The zero-order chi connectivity index (χ0) is 16.1. The summed E-state index contributed by atoms with van der Waals surface area (Å²) < 4.78 is 61.1. The smallest absolute Gasteiger partial charge is 0.197 e. The van der Waals surface area contributed by atoms with Crippen LogP contribution in [0.5, 0.6) is 0 Å². The van der Waals surface area contributed by atoms with Gasteiger partial charge in [0.05, 0.1) is 0 Å². The third-order valence-corrected chi connectivity index (χ3v) is 1.22.